The third-order valence-corrected chi connectivity index (χ3v) is 5.50. The molecule has 9 heteroatoms. The maximum atomic E-state index is 12.9. The van der Waals surface area contributed by atoms with Crippen LogP contribution >= 0.6 is 0 Å². The zero-order valence-electron chi connectivity index (χ0n) is 16.6. The minimum absolute atomic E-state index is 0.0875. The first-order chi connectivity index (χ1) is 15.3. The topological polar surface area (TPSA) is 84.4 Å². The molecule has 0 bridgehead atoms. The number of rotatable bonds is 2. The van der Waals surface area contributed by atoms with Crippen LogP contribution in [0.1, 0.15) is 11.1 Å². The van der Waals surface area contributed by atoms with Gasteiger partial charge in [-0.15, -0.1) is 0 Å². The van der Waals surface area contributed by atoms with Crippen molar-refractivity contribution in [1.82, 2.24) is 5.16 Å². The van der Waals surface area contributed by atoms with Crippen molar-refractivity contribution in [3.8, 4) is 11.1 Å². The Bertz CT molecular complexity index is 1350. The lowest BCUT2D eigenvalue weighted by molar-refractivity contribution is -0.137. The first-order valence-electron chi connectivity index (χ1n) is 9.84. The predicted molar refractivity (Wildman–Crippen MR) is 115 cm³/mol. The lowest BCUT2D eigenvalue weighted by Gasteiger charge is -2.19. The van der Waals surface area contributed by atoms with Crippen molar-refractivity contribution in [2.75, 3.05) is 22.5 Å². The van der Waals surface area contributed by atoms with Crippen molar-refractivity contribution < 1.29 is 22.5 Å². The van der Waals surface area contributed by atoms with Gasteiger partial charge in [0.05, 0.1) is 10.9 Å². The summed E-state index contributed by atoms with van der Waals surface area (Å²) < 4.78 is 44.1. The van der Waals surface area contributed by atoms with Crippen molar-refractivity contribution >= 4 is 34.2 Å². The molecule has 0 saturated heterocycles. The summed E-state index contributed by atoms with van der Waals surface area (Å²) in [6.45, 7) is 0.420. The van der Waals surface area contributed by atoms with E-state index in [-0.39, 0.29) is 5.69 Å². The highest BCUT2D eigenvalue weighted by atomic mass is 19.4. The van der Waals surface area contributed by atoms with Crippen LogP contribution in [0.4, 0.5) is 35.2 Å². The van der Waals surface area contributed by atoms with E-state index < -0.39 is 17.8 Å². The van der Waals surface area contributed by atoms with E-state index in [1.807, 2.05) is 30.3 Å². The van der Waals surface area contributed by atoms with Gasteiger partial charge in [0.2, 0.25) is 0 Å². The Morgan fingerprint density at radius 1 is 1.09 bits per heavy atom. The average molecular weight is 438 g/mol. The molecule has 3 N–H and O–H groups in total. The van der Waals surface area contributed by atoms with Crippen molar-refractivity contribution in [2.45, 2.75) is 12.6 Å². The van der Waals surface area contributed by atoms with Gasteiger partial charge >= 0.3 is 12.2 Å². The number of halogens is 3. The Kier molecular flexibility index (Phi) is 4.54. The Morgan fingerprint density at radius 3 is 2.72 bits per heavy atom. The molecule has 162 valence electrons. The normalized spacial score (nSPS) is 13.4. The number of fused-ring (bicyclic) bond motifs is 2. The second-order valence-corrected chi connectivity index (χ2v) is 7.50. The number of alkyl halides is 3. The number of benzene rings is 3. The van der Waals surface area contributed by atoms with Gasteiger partial charge in [-0.3, -0.25) is 4.90 Å². The molecule has 2 heterocycles. The molecular weight excluding hydrogens is 421 g/mol. The van der Waals surface area contributed by atoms with Crippen LogP contribution in [-0.4, -0.2) is 17.7 Å². The Hall–Kier alpha value is -4.01. The maximum absolute atomic E-state index is 12.9. The number of nitrogen functional groups attached to an aromatic ring is 1. The van der Waals surface area contributed by atoms with Crippen LogP contribution < -0.4 is 16.0 Å². The first-order valence-corrected chi connectivity index (χ1v) is 9.84. The fourth-order valence-electron chi connectivity index (χ4n) is 4.00. The Labute approximate surface area is 180 Å². The highest BCUT2D eigenvalue weighted by molar-refractivity contribution is 6.04. The molecule has 0 radical (unpaired) electrons. The third-order valence-electron chi connectivity index (χ3n) is 5.50. The summed E-state index contributed by atoms with van der Waals surface area (Å²) in [5.41, 5.74) is 9.26. The SMILES string of the molecule is Nc1noc2cccc(-c3ccc4c(c3)CCN4C(=O)Nc3cccc(C(F)(F)F)c3)c12. The van der Waals surface area contributed by atoms with E-state index in [1.165, 1.54) is 17.0 Å². The quantitative estimate of drug-likeness (QED) is 0.421. The minimum atomic E-state index is -4.48. The molecular formula is C23H17F3N4O2. The van der Waals surface area contributed by atoms with Crippen LogP contribution in [0.25, 0.3) is 22.1 Å². The number of anilines is 3. The molecule has 0 aliphatic carbocycles. The number of hydrogen-bond acceptors (Lipinski definition) is 4. The lowest BCUT2D eigenvalue weighted by Crippen LogP contribution is -2.33. The highest BCUT2D eigenvalue weighted by Crippen LogP contribution is 2.37. The number of urea groups is 1. The zero-order valence-corrected chi connectivity index (χ0v) is 16.6. The van der Waals surface area contributed by atoms with E-state index in [1.54, 1.807) is 6.07 Å². The van der Waals surface area contributed by atoms with Gasteiger partial charge in [-0.1, -0.05) is 29.4 Å². The second-order valence-electron chi connectivity index (χ2n) is 7.50. The summed E-state index contributed by atoms with van der Waals surface area (Å²) in [6.07, 6.45) is -3.86. The number of hydrogen-bond donors (Lipinski definition) is 2. The number of carbonyl (C=O) groups excluding carboxylic acids is 1. The molecule has 6 nitrogen and oxygen atoms in total. The number of nitrogens with two attached hydrogens (primary N) is 1. The van der Waals surface area contributed by atoms with E-state index in [9.17, 15) is 18.0 Å². The minimum Gasteiger partial charge on any atom is -0.380 e. The largest absolute Gasteiger partial charge is 0.416 e. The highest BCUT2D eigenvalue weighted by Gasteiger charge is 2.31. The molecule has 0 spiro atoms. The smallest absolute Gasteiger partial charge is 0.380 e. The van der Waals surface area contributed by atoms with Gasteiger partial charge in [0.15, 0.2) is 11.4 Å². The number of nitrogens with zero attached hydrogens (tertiary/aromatic N) is 2. The predicted octanol–water partition coefficient (Wildman–Crippen LogP) is 5.69. The fourth-order valence-corrected chi connectivity index (χ4v) is 4.00. The molecule has 0 atom stereocenters. The molecule has 1 aliphatic heterocycles. The van der Waals surface area contributed by atoms with Crippen LogP contribution in [-0.2, 0) is 12.6 Å². The van der Waals surface area contributed by atoms with Gasteiger partial charge in [-0.05, 0) is 59.5 Å². The molecule has 4 aromatic rings. The van der Waals surface area contributed by atoms with Crippen LogP contribution in [0, 0.1) is 0 Å². The van der Waals surface area contributed by atoms with Gasteiger partial charge in [0.25, 0.3) is 0 Å². The van der Waals surface area contributed by atoms with E-state index in [0.29, 0.717) is 30.1 Å². The third kappa shape index (κ3) is 3.41. The van der Waals surface area contributed by atoms with Gasteiger partial charge < -0.3 is 15.6 Å². The Balaban J connectivity index is 1.41. The average Bonchev–Trinajstić information content (AvgIpc) is 3.36. The van der Waals surface area contributed by atoms with E-state index in [0.717, 1.165) is 34.2 Å². The van der Waals surface area contributed by atoms with Gasteiger partial charge in [-0.25, -0.2) is 4.79 Å². The summed E-state index contributed by atoms with van der Waals surface area (Å²) >= 11 is 0. The summed E-state index contributed by atoms with van der Waals surface area (Å²) in [5.74, 6) is 0.304. The standard InChI is InChI=1S/C23H17F3N4O2/c24-23(25,26)15-3-1-4-16(12-15)28-22(31)30-10-9-14-11-13(7-8-18(14)30)17-5-2-6-19-20(17)21(27)29-32-19/h1-8,11-12H,9-10H2,(H2,27,29)(H,28,31). The van der Waals surface area contributed by atoms with Crippen LogP contribution in [0.3, 0.4) is 0 Å². The first kappa shape index (κ1) is 19.9. The van der Waals surface area contributed by atoms with Crippen molar-refractivity contribution in [3.63, 3.8) is 0 Å². The number of nitrogens with one attached hydrogen (secondary N) is 1. The number of carbonyl (C=O) groups is 1. The van der Waals surface area contributed by atoms with Crippen LogP contribution in [0.2, 0.25) is 0 Å². The fraction of sp³-hybridized carbons (Fsp3) is 0.130. The summed E-state index contributed by atoms with van der Waals surface area (Å²) in [7, 11) is 0. The van der Waals surface area contributed by atoms with Gasteiger partial charge in [0, 0.05) is 17.9 Å². The van der Waals surface area contributed by atoms with E-state index >= 15 is 0 Å². The van der Waals surface area contributed by atoms with Crippen LogP contribution in [0.15, 0.2) is 65.2 Å². The van der Waals surface area contributed by atoms with Crippen molar-refractivity contribution in [3.05, 3.63) is 71.8 Å². The molecule has 1 aromatic heterocycles. The van der Waals surface area contributed by atoms with Crippen molar-refractivity contribution in [2.24, 2.45) is 0 Å². The maximum Gasteiger partial charge on any atom is 0.416 e. The monoisotopic (exact) mass is 438 g/mol. The zero-order chi connectivity index (χ0) is 22.5. The van der Waals surface area contributed by atoms with E-state index in [2.05, 4.69) is 10.5 Å². The van der Waals surface area contributed by atoms with Crippen LogP contribution in [0.5, 0.6) is 0 Å². The van der Waals surface area contributed by atoms with Crippen molar-refractivity contribution in [1.29, 1.82) is 0 Å². The molecule has 0 fully saturated rings. The molecule has 32 heavy (non-hydrogen) atoms. The second kappa shape index (κ2) is 7.30. The van der Waals surface area contributed by atoms with E-state index in [4.69, 9.17) is 10.3 Å². The molecule has 0 unspecified atom stereocenters. The summed E-state index contributed by atoms with van der Waals surface area (Å²) in [4.78, 5) is 14.3. The summed E-state index contributed by atoms with van der Waals surface area (Å²) in [6, 6.07) is 15.3. The Morgan fingerprint density at radius 2 is 1.91 bits per heavy atom. The molecule has 0 saturated carbocycles. The summed E-state index contributed by atoms with van der Waals surface area (Å²) in [5, 5.41) is 7.11. The molecule has 5 rings (SSSR count). The lowest BCUT2D eigenvalue weighted by atomic mass is 9.99. The number of amides is 2. The van der Waals surface area contributed by atoms with Gasteiger partial charge in [0.1, 0.15) is 0 Å². The molecule has 3 aromatic carbocycles. The molecule has 1 aliphatic rings. The molecule has 2 amide bonds. The number of aromatic nitrogens is 1. The van der Waals surface area contributed by atoms with Gasteiger partial charge in [-0.2, -0.15) is 13.2 Å².